The number of nitrogens with zero attached hydrogens (tertiary/aromatic N) is 3. The second-order valence-corrected chi connectivity index (χ2v) is 18.3. The van der Waals surface area contributed by atoms with Crippen molar-refractivity contribution >= 4 is 81.5 Å². The Bertz CT molecular complexity index is 3400. The van der Waals surface area contributed by atoms with E-state index in [1.807, 2.05) is 12.2 Å². The van der Waals surface area contributed by atoms with Crippen molar-refractivity contribution < 1.29 is 0 Å². The summed E-state index contributed by atoms with van der Waals surface area (Å²) in [5.74, 6) is 0. The van der Waals surface area contributed by atoms with Crippen LogP contribution in [0.25, 0.3) is 74.5 Å². The molecular weight excluding hydrogens is 870 g/mol. The lowest BCUT2D eigenvalue weighted by atomic mass is 9.33. The molecule has 3 nitrogen and oxygen atoms in total. The average Bonchev–Trinajstić information content (AvgIpc) is 3.75. The quantitative estimate of drug-likeness (QED) is 0.120. The maximum Gasteiger partial charge on any atom is 0.252 e. The Balaban J connectivity index is 1.30. The molecule has 10 aromatic rings. The zero-order valence-electron chi connectivity index (χ0n) is 40.6. The van der Waals surface area contributed by atoms with E-state index in [9.17, 15) is 0 Å². The third-order valence-electron chi connectivity index (χ3n) is 14.4. The number of benzene rings is 9. The van der Waals surface area contributed by atoms with E-state index in [4.69, 9.17) is 0 Å². The van der Waals surface area contributed by atoms with Gasteiger partial charge in [0.2, 0.25) is 0 Å². The fourth-order valence-electron chi connectivity index (χ4n) is 11.5. The molecule has 0 saturated carbocycles. The molecule has 0 bridgehead atoms. The molecule has 9 aromatic carbocycles. The van der Waals surface area contributed by atoms with Crippen molar-refractivity contribution in [3.05, 3.63) is 266 Å². The van der Waals surface area contributed by atoms with Gasteiger partial charge in [0.05, 0.1) is 28.5 Å². The van der Waals surface area contributed by atoms with E-state index in [0.717, 1.165) is 107 Å². The Morgan fingerprint density at radius 3 is 1.04 bits per heavy atom. The van der Waals surface area contributed by atoms with Crippen LogP contribution in [0, 0.1) is 0 Å². The summed E-state index contributed by atoms with van der Waals surface area (Å²) in [6.07, 6.45) is 12.6. The molecule has 72 heavy (non-hydrogen) atoms. The summed E-state index contributed by atoms with van der Waals surface area (Å²) in [6, 6.07) is 80.1. The normalized spacial score (nSPS) is 12.5. The summed E-state index contributed by atoms with van der Waals surface area (Å²) in [5, 5.41) is 0. The highest BCUT2D eigenvalue weighted by molar-refractivity contribution is 7.00. The molecule has 0 N–H and O–H groups in total. The van der Waals surface area contributed by atoms with Gasteiger partial charge in [-0.2, -0.15) is 0 Å². The lowest BCUT2D eigenvalue weighted by Crippen LogP contribution is -2.61. The van der Waals surface area contributed by atoms with Crippen LogP contribution in [0.1, 0.15) is 36.4 Å². The average molecular weight is 922 g/mol. The van der Waals surface area contributed by atoms with Gasteiger partial charge in [-0.05, 0) is 88.9 Å². The number of aromatic nitrogens is 1. The second-order valence-electron chi connectivity index (χ2n) is 18.3. The highest BCUT2D eigenvalue weighted by Gasteiger charge is 2.45. The predicted molar refractivity (Wildman–Crippen MR) is 311 cm³/mol. The lowest BCUT2D eigenvalue weighted by molar-refractivity contribution is 1.04. The van der Waals surface area contributed by atoms with Crippen LogP contribution < -0.4 is 26.2 Å². The molecule has 0 amide bonds. The standard InChI is InChI=1S/C68H52BN3/c1-5-27-60-52(7-3)53(8-4)61(28-6-2)70(60)51-45-64-66-65(46-51)72(68-56(49-33-17-11-18-34-49)39-26-40-57(68)50-35-19-12-20-36-50)63-44-24-22-42-59(63)69(66)58-41-21-23-43-62(58)71(64)67-54(47-29-13-9-14-30-47)37-25-38-55(67)48-31-15-10-16-32-48/h5-46H,3-4H2,1-2H3/b27-5-,28-6-. The Labute approximate surface area is 424 Å². The van der Waals surface area contributed by atoms with Gasteiger partial charge in [0, 0.05) is 56.1 Å². The van der Waals surface area contributed by atoms with Crippen LogP contribution >= 0.6 is 0 Å². The topological polar surface area (TPSA) is 11.4 Å². The Morgan fingerprint density at radius 1 is 0.375 bits per heavy atom. The maximum atomic E-state index is 4.39. The van der Waals surface area contributed by atoms with Crippen molar-refractivity contribution in [2.75, 3.05) is 9.80 Å². The minimum atomic E-state index is -0.0979. The van der Waals surface area contributed by atoms with Crippen LogP contribution in [0.2, 0.25) is 0 Å². The van der Waals surface area contributed by atoms with Crippen molar-refractivity contribution in [3.63, 3.8) is 0 Å². The summed E-state index contributed by atoms with van der Waals surface area (Å²) in [5.41, 5.74) is 24.8. The molecule has 0 aliphatic carbocycles. The minimum Gasteiger partial charge on any atom is -0.310 e. The van der Waals surface area contributed by atoms with Crippen molar-refractivity contribution in [2.24, 2.45) is 0 Å². The highest BCUT2D eigenvalue weighted by Crippen LogP contribution is 2.53. The number of fused-ring (bicyclic) bond motifs is 4. The lowest BCUT2D eigenvalue weighted by Gasteiger charge is -2.45. The molecule has 0 atom stereocenters. The number of hydrogen-bond donors (Lipinski definition) is 0. The molecule has 0 unspecified atom stereocenters. The van der Waals surface area contributed by atoms with E-state index < -0.39 is 0 Å². The fourth-order valence-corrected chi connectivity index (χ4v) is 11.5. The molecular formula is C68H52BN3. The number of allylic oxidation sites excluding steroid dienone is 2. The summed E-state index contributed by atoms with van der Waals surface area (Å²) in [6.45, 7) is 12.8. The molecule has 0 radical (unpaired) electrons. The number of para-hydroxylation sites is 4. The molecule has 12 rings (SSSR count). The fraction of sp³-hybridized carbons (Fsp3) is 0.0294. The second kappa shape index (κ2) is 18.7. The van der Waals surface area contributed by atoms with Crippen molar-refractivity contribution in [1.29, 1.82) is 0 Å². The van der Waals surface area contributed by atoms with E-state index in [0.29, 0.717) is 0 Å². The molecule has 2 aliphatic rings. The first kappa shape index (κ1) is 44.1. The molecule has 0 fully saturated rings. The molecule has 1 aromatic heterocycles. The number of hydrogen-bond acceptors (Lipinski definition) is 2. The smallest absolute Gasteiger partial charge is 0.252 e. The highest BCUT2D eigenvalue weighted by atomic mass is 15.2. The monoisotopic (exact) mass is 921 g/mol. The molecule has 342 valence electrons. The summed E-state index contributed by atoms with van der Waals surface area (Å²) >= 11 is 0. The largest absolute Gasteiger partial charge is 0.310 e. The number of anilines is 6. The van der Waals surface area contributed by atoms with Gasteiger partial charge in [-0.25, -0.2) is 0 Å². The maximum absolute atomic E-state index is 4.39. The van der Waals surface area contributed by atoms with Gasteiger partial charge in [-0.3, -0.25) is 0 Å². The van der Waals surface area contributed by atoms with Crippen LogP contribution in [-0.2, 0) is 0 Å². The summed E-state index contributed by atoms with van der Waals surface area (Å²) in [4.78, 5) is 5.17. The van der Waals surface area contributed by atoms with Crippen LogP contribution in [-0.4, -0.2) is 11.3 Å². The number of rotatable bonds is 11. The van der Waals surface area contributed by atoms with Crippen molar-refractivity contribution in [2.45, 2.75) is 13.8 Å². The van der Waals surface area contributed by atoms with Crippen LogP contribution in [0.4, 0.5) is 34.1 Å². The summed E-state index contributed by atoms with van der Waals surface area (Å²) < 4.78 is 2.42. The first-order chi connectivity index (χ1) is 35.6. The third kappa shape index (κ3) is 7.14. The van der Waals surface area contributed by atoms with Crippen molar-refractivity contribution in [1.82, 2.24) is 4.57 Å². The van der Waals surface area contributed by atoms with Gasteiger partial charge < -0.3 is 14.4 Å². The van der Waals surface area contributed by atoms with E-state index in [-0.39, 0.29) is 6.71 Å². The van der Waals surface area contributed by atoms with Gasteiger partial charge in [0.15, 0.2) is 0 Å². The first-order valence-corrected chi connectivity index (χ1v) is 24.9. The molecule has 2 aliphatic heterocycles. The van der Waals surface area contributed by atoms with E-state index in [2.05, 4.69) is 284 Å². The van der Waals surface area contributed by atoms with E-state index in [1.54, 1.807) is 0 Å². The molecule has 0 spiro atoms. The zero-order valence-corrected chi connectivity index (χ0v) is 40.6. The Morgan fingerprint density at radius 2 is 0.708 bits per heavy atom. The van der Waals surface area contributed by atoms with Gasteiger partial charge in [0.1, 0.15) is 0 Å². The van der Waals surface area contributed by atoms with Crippen LogP contribution in [0.5, 0.6) is 0 Å². The van der Waals surface area contributed by atoms with Crippen LogP contribution in [0.15, 0.2) is 244 Å². The molecule has 4 heteroatoms. The Hall–Kier alpha value is -9.12. The zero-order chi connectivity index (χ0) is 48.7. The van der Waals surface area contributed by atoms with Gasteiger partial charge in [-0.15, -0.1) is 0 Å². The first-order valence-electron chi connectivity index (χ1n) is 24.9. The third-order valence-corrected chi connectivity index (χ3v) is 14.4. The molecule has 0 saturated heterocycles. The van der Waals surface area contributed by atoms with E-state index in [1.165, 1.54) is 16.4 Å². The van der Waals surface area contributed by atoms with Gasteiger partial charge in [-0.1, -0.05) is 232 Å². The van der Waals surface area contributed by atoms with Crippen molar-refractivity contribution in [3.8, 4) is 50.2 Å². The van der Waals surface area contributed by atoms with Gasteiger partial charge in [0.25, 0.3) is 6.71 Å². The van der Waals surface area contributed by atoms with E-state index >= 15 is 0 Å². The molecule has 3 heterocycles. The van der Waals surface area contributed by atoms with Crippen LogP contribution in [0.3, 0.4) is 0 Å². The predicted octanol–water partition coefficient (Wildman–Crippen LogP) is 16.6. The summed E-state index contributed by atoms with van der Waals surface area (Å²) in [7, 11) is 0. The SMILES string of the molecule is C=Cc1c(C=C)c(/C=C\C)n(-c2cc3c4c(c2)N(c2c(-c5ccccc5)cccc2-c2ccccc2)c2ccccc2B4c2ccccc2N3c2c(-c3ccccc3)cccc2-c2ccccc2)c1/C=C\C. The Kier molecular flexibility index (Phi) is 11.4. The van der Waals surface area contributed by atoms with Gasteiger partial charge >= 0.3 is 0 Å². The minimum absolute atomic E-state index is 0.0979.